The number of fused-ring (bicyclic) bond motifs is 2. The summed E-state index contributed by atoms with van der Waals surface area (Å²) in [6.07, 6.45) is 5.68. The van der Waals surface area contributed by atoms with Gasteiger partial charge in [-0.1, -0.05) is 24.3 Å². The third-order valence-corrected chi connectivity index (χ3v) is 7.85. The van der Waals surface area contributed by atoms with Crippen molar-refractivity contribution in [3.8, 4) is 22.4 Å². The topological polar surface area (TPSA) is 80.6 Å². The van der Waals surface area contributed by atoms with Crippen LogP contribution in [0.1, 0.15) is 13.8 Å². The highest BCUT2D eigenvalue weighted by Crippen LogP contribution is 2.31. The molecule has 0 aliphatic rings. The van der Waals surface area contributed by atoms with Crippen LogP contribution in [0.4, 0.5) is 0 Å². The lowest BCUT2D eigenvalue weighted by atomic mass is 10.1. The van der Waals surface area contributed by atoms with E-state index in [2.05, 4.69) is 38.8 Å². The van der Waals surface area contributed by atoms with Crippen LogP contribution in [0.5, 0.6) is 0 Å². The highest BCUT2D eigenvalue weighted by Gasteiger charge is 2.19. The zero-order valence-corrected chi connectivity index (χ0v) is 18.3. The van der Waals surface area contributed by atoms with Gasteiger partial charge in [0.2, 0.25) is 0 Å². The number of aryl methyl sites for hydroxylation is 1. The van der Waals surface area contributed by atoms with Gasteiger partial charge in [-0.05, 0) is 49.1 Å². The summed E-state index contributed by atoms with van der Waals surface area (Å²) in [7, 11) is -1.27. The Balaban J connectivity index is 1.58. The second-order valence-corrected chi connectivity index (χ2v) is 10.5. The Morgan fingerprint density at radius 2 is 1.74 bits per heavy atom. The summed E-state index contributed by atoms with van der Waals surface area (Å²) in [5.41, 5.74) is 6.20. The molecular formula is C24H22N4O2S. The van der Waals surface area contributed by atoms with Crippen molar-refractivity contribution >= 4 is 31.9 Å². The van der Waals surface area contributed by atoms with E-state index in [1.807, 2.05) is 19.4 Å². The van der Waals surface area contributed by atoms with E-state index in [4.69, 9.17) is 4.98 Å². The minimum Gasteiger partial charge on any atom is -0.351 e. The summed E-state index contributed by atoms with van der Waals surface area (Å²) in [6.45, 7) is 3.37. The maximum atomic E-state index is 12.4. The van der Waals surface area contributed by atoms with Crippen molar-refractivity contribution in [3.63, 3.8) is 0 Å². The van der Waals surface area contributed by atoms with Crippen molar-refractivity contribution in [3.05, 3.63) is 67.1 Å². The quantitative estimate of drug-likeness (QED) is 0.437. The van der Waals surface area contributed by atoms with Gasteiger partial charge >= 0.3 is 0 Å². The molecule has 0 radical (unpaired) electrons. The van der Waals surface area contributed by atoms with Gasteiger partial charge in [0.1, 0.15) is 5.52 Å². The molecule has 31 heavy (non-hydrogen) atoms. The molecule has 3 aromatic heterocycles. The Labute approximate surface area is 180 Å². The third-order valence-electron chi connectivity index (χ3n) is 5.68. The molecular weight excluding hydrogens is 408 g/mol. The molecule has 7 heteroatoms. The van der Waals surface area contributed by atoms with E-state index in [0.29, 0.717) is 16.2 Å². The van der Waals surface area contributed by atoms with Gasteiger partial charge in [0, 0.05) is 36.1 Å². The van der Waals surface area contributed by atoms with Gasteiger partial charge in [-0.2, -0.15) is 0 Å². The van der Waals surface area contributed by atoms with E-state index in [1.54, 1.807) is 44.3 Å². The largest absolute Gasteiger partial charge is 0.351 e. The first-order valence-electron chi connectivity index (χ1n) is 10.1. The van der Waals surface area contributed by atoms with Crippen molar-refractivity contribution in [1.82, 2.24) is 19.5 Å². The molecule has 0 amide bonds. The van der Waals surface area contributed by atoms with Crippen molar-refractivity contribution < 1.29 is 8.42 Å². The van der Waals surface area contributed by atoms with Gasteiger partial charge in [-0.25, -0.2) is 18.4 Å². The Morgan fingerprint density at radius 3 is 2.48 bits per heavy atom. The Kier molecular flexibility index (Phi) is 4.44. The molecule has 5 aromatic rings. The van der Waals surface area contributed by atoms with E-state index in [0.717, 1.165) is 27.7 Å². The fourth-order valence-electron chi connectivity index (χ4n) is 3.77. The highest BCUT2D eigenvalue weighted by atomic mass is 32.2. The van der Waals surface area contributed by atoms with Crippen molar-refractivity contribution in [2.45, 2.75) is 24.0 Å². The average molecular weight is 431 g/mol. The maximum absolute atomic E-state index is 12.4. The SMILES string of the molecule is CC(C)S(=O)(=O)c1ccc(-c2cnc3[nH]cc(-c4ccc5ccn(C)c5c4)c3n2)cc1. The summed E-state index contributed by atoms with van der Waals surface area (Å²) in [5, 5.41) is 0.729. The molecule has 0 saturated heterocycles. The molecule has 0 fully saturated rings. The van der Waals surface area contributed by atoms with Crippen LogP contribution in [0.25, 0.3) is 44.5 Å². The fourth-order valence-corrected chi connectivity index (χ4v) is 4.83. The molecule has 0 saturated carbocycles. The van der Waals surface area contributed by atoms with Crippen LogP contribution < -0.4 is 0 Å². The summed E-state index contributed by atoms with van der Waals surface area (Å²) >= 11 is 0. The first-order chi connectivity index (χ1) is 14.8. The summed E-state index contributed by atoms with van der Waals surface area (Å²) in [6, 6.07) is 15.3. The molecule has 156 valence electrons. The maximum Gasteiger partial charge on any atom is 0.180 e. The minimum atomic E-state index is -3.30. The molecule has 0 aliphatic heterocycles. The number of hydrogen-bond acceptors (Lipinski definition) is 4. The van der Waals surface area contributed by atoms with Crippen LogP contribution in [0, 0.1) is 0 Å². The fraction of sp³-hybridized carbons (Fsp3) is 0.167. The van der Waals surface area contributed by atoms with Crippen LogP contribution in [0.2, 0.25) is 0 Å². The average Bonchev–Trinajstić information content (AvgIpc) is 3.36. The van der Waals surface area contributed by atoms with Gasteiger partial charge in [-0.15, -0.1) is 0 Å². The molecule has 0 atom stereocenters. The van der Waals surface area contributed by atoms with E-state index >= 15 is 0 Å². The molecule has 1 N–H and O–H groups in total. The van der Waals surface area contributed by atoms with Gasteiger partial charge in [-0.3, -0.25) is 0 Å². The molecule has 0 bridgehead atoms. The standard InChI is InChI=1S/C24H22N4O2S/c1-15(2)31(29,30)19-8-6-16(7-9-19)21-14-26-24-23(27-21)20(13-25-24)18-5-4-17-10-11-28(3)22(17)12-18/h4-15H,1-3H3,(H,25,26). The lowest BCUT2D eigenvalue weighted by Gasteiger charge is -2.08. The second kappa shape index (κ2) is 7.06. The zero-order valence-electron chi connectivity index (χ0n) is 17.5. The van der Waals surface area contributed by atoms with E-state index < -0.39 is 15.1 Å². The molecule has 0 aliphatic carbocycles. The summed E-state index contributed by atoms with van der Waals surface area (Å²) in [4.78, 5) is 12.9. The third kappa shape index (κ3) is 3.21. The zero-order chi connectivity index (χ0) is 21.8. The normalized spacial score (nSPS) is 12.3. The number of sulfone groups is 1. The lowest BCUT2D eigenvalue weighted by Crippen LogP contribution is -2.13. The van der Waals surface area contributed by atoms with Gasteiger partial charge in [0.25, 0.3) is 0 Å². The predicted molar refractivity (Wildman–Crippen MR) is 124 cm³/mol. The Bertz CT molecular complexity index is 1530. The van der Waals surface area contributed by atoms with Gasteiger partial charge in [0.05, 0.1) is 22.0 Å². The predicted octanol–water partition coefficient (Wildman–Crippen LogP) is 4.97. The minimum absolute atomic E-state index is 0.318. The smallest absolute Gasteiger partial charge is 0.180 e. The molecule has 3 heterocycles. The number of hydrogen-bond donors (Lipinski definition) is 1. The summed E-state index contributed by atoms with van der Waals surface area (Å²) in [5.74, 6) is 0. The van der Waals surface area contributed by atoms with E-state index in [-0.39, 0.29) is 0 Å². The van der Waals surface area contributed by atoms with Crippen molar-refractivity contribution in [1.29, 1.82) is 0 Å². The van der Waals surface area contributed by atoms with Crippen molar-refractivity contribution in [2.24, 2.45) is 7.05 Å². The van der Waals surface area contributed by atoms with Crippen LogP contribution in [-0.2, 0) is 16.9 Å². The monoisotopic (exact) mass is 430 g/mol. The highest BCUT2D eigenvalue weighted by molar-refractivity contribution is 7.92. The molecule has 5 rings (SSSR count). The lowest BCUT2D eigenvalue weighted by molar-refractivity contribution is 0.587. The number of benzene rings is 2. The first kappa shape index (κ1) is 19.5. The number of aromatic amines is 1. The number of rotatable bonds is 4. The van der Waals surface area contributed by atoms with Gasteiger partial charge in [0.15, 0.2) is 15.5 Å². The molecule has 0 spiro atoms. The van der Waals surface area contributed by atoms with Crippen LogP contribution in [0.3, 0.4) is 0 Å². The first-order valence-corrected chi connectivity index (χ1v) is 11.6. The van der Waals surface area contributed by atoms with Crippen LogP contribution in [0.15, 0.2) is 72.0 Å². The molecule has 2 aromatic carbocycles. The Hall–Kier alpha value is -3.45. The van der Waals surface area contributed by atoms with E-state index in [9.17, 15) is 8.42 Å². The van der Waals surface area contributed by atoms with Crippen LogP contribution >= 0.6 is 0 Å². The number of nitrogens with zero attached hydrogens (tertiary/aromatic N) is 3. The Morgan fingerprint density at radius 1 is 1.00 bits per heavy atom. The number of aromatic nitrogens is 4. The van der Waals surface area contributed by atoms with E-state index in [1.165, 1.54) is 5.39 Å². The van der Waals surface area contributed by atoms with Crippen LogP contribution in [-0.4, -0.2) is 33.2 Å². The number of H-pyrrole nitrogens is 1. The van der Waals surface area contributed by atoms with Crippen molar-refractivity contribution in [2.75, 3.05) is 0 Å². The number of nitrogens with one attached hydrogen (secondary N) is 1. The second-order valence-electron chi connectivity index (χ2n) is 7.97. The molecule has 6 nitrogen and oxygen atoms in total. The molecule has 0 unspecified atom stereocenters. The van der Waals surface area contributed by atoms with Gasteiger partial charge < -0.3 is 9.55 Å². The summed E-state index contributed by atoms with van der Waals surface area (Å²) < 4.78 is 26.9.